The number of carbonyl (C=O) groups excluding carboxylic acids is 1. The summed E-state index contributed by atoms with van der Waals surface area (Å²) >= 11 is 3.28. The van der Waals surface area contributed by atoms with Crippen LogP contribution in [0, 0.1) is 0 Å². The molecule has 0 radical (unpaired) electrons. The zero-order valence-electron chi connectivity index (χ0n) is 11.2. The first-order valence-electron chi connectivity index (χ1n) is 6.07. The van der Waals surface area contributed by atoms with E-state index in [-0.39, 0.29) is 11.5 Å². The predicted octanol–water partition coefficient (Wildman–Crippen LogP) is 3.01. The highest BCUT2D eigenvalue weighted by molar-refractivity contribution is 9.10. The van der Waals surface area contributed by atoms with Gasteiger partial charge in [-0.15, -0.1) is 0 Å². The number of benzene rings is 2. The zero-order valence-corrected chi connectivity index (χ0v) is 12.8. The van der Waals surface area contributed by atoms with Gasteiger partial charge < -0.3 is 15.7 Å². The van der Waals surface area contributed by atoms with Crippen molar-refractivity contribution in [3.8, 4) is 0 Å². The Labute approximate surface area is 130 Å². The monoisotopic (exact) mass is 348 g/mol. The summed E-state index contributed by atoms with van der Waals surface area (Å²) in [5, 5.41) is 9.19. The molecule has 3 N–H and O–H groups in total. The number of aromatic carboxylic acids is 1. The lowest BCUT2D eigenvalue weighted by molar-refractivity contribution is 0.0697. The third kappa shape index (κ3) is 3.05. The molecular weight excluding hydrogens is 336 g/mol. The molecule has 5 nitrogen and oxygen atoms in total. The van der Waals surface area contributed by atoms with Gasteiger partial charge in [0.1, 0.15) is 0 Å². The van der Waals surface area contributed by atoms with Gasteiger partial charge in [-0.25, -0.2) is 4.79 Å². The van der Waals surface area contributed by atoms with E-state index in [0.29, 0.717) is 16.9 Å². The molecule has 0 heterocycles. The minimum Gasteiger partial charge on any atom is -0.478 e. The molecule has 0 bridgehead atoms. The highest BCUT2D eigenvalue weighted by Gasteiger charge is 2.20. The summed E-state index contributed by atoms with van der Waals surface area (Å²) in [6, 6.07) is 11.3. The molecule has 2 aromatic rings. The summed E-state index contributed by atoms with van der Waals surface area (Å²) in [7, 11) is 1.52. The van der Waals surface area contributed by atoms with E-state index in [0.717, 1.165) is 4.47 Å². The Kier molecular flexibility index (Phi) is 4.28. The van der Waals surface area contributed by atoms with Crippen LogP contribution in [0.4, 0.5) is 11.4 Å². The van der Waals surface area contributed by atoms with Gasteiger partial charge in [0.25, 0.3) is 5.91 Å². The van der Waals surface area contributed by atoms with E-state index in [1.807, 2.05) is 0 Å². The van der Waals surface area contributed by atoms with Gasteiger partial charge >= 0.3 is 5.97 Å². The van der Waals surface area contributed by atoms with E-state index < -0.39 is 5.97 Å². The molecule has 1 amide bonds. The van der Waals surface area contributed by atoms with Crippen LogP contribution in [0.25, 0.3) is 0 Å². The van der Waals surface area contributed by atoms with Crippen molar-refractivity contribution in [1.29, 1.82) is 0 Å². The number of halogens is 1. The van der Waals surface area contributed by atoms with E-state index in [9.17, 15) is 14.7 Å². The molecular formula is C15H13BrN2O3. The Morgan fingerprint density at radius 2 is 1.81 bits per heavy atom. The van der Waals surface area contributed by atoms with Crippen LogP contribution in [0.5, 0.6) is 0 Å². The van der Waals surface area contributed by atoms with Crippen molar-refractivity contribution in [2.75, 3.05) is 17.7 Å². The van der Waals surface area contributed by atoms with Crippen LogP contribution < -0.4 is 10.6 Å². The molecule has 21 heavy (non-hydrogen) atoms. The Morgan fingerprint density at radius 3 is 2.43 bits per heavy atom. The maximum atomic E-state index is 12.5. The molecule has 0 spiro atoms. The standard InChI is InChI=1S/C15H13BrN2O3/c1-18(13-5-3-2-4-11(13)15(20)21)14(19)10-7-6-9(16)8-12(10)17/h2-8H,17H2,1H3,(H,20,21). The van der Waals surface area contributed by atoms with E-state index in [4.69, 9.17) is 5.73 Å². The molecule has 0 saturated heterocycles. The highest BCUT2D eigenvalue weighted by atomic mass is 79.9. The number of carboxylic acids is 1. The average molecular weight is 349 g/mol. The number of nitrogens with zero attached hydrogens (tertiary/aromatic N) is 1. The SMILES string of the molecule is CN(C(=O)c1ccc(Br)cc1N)c1ccccc1C(=O)O. The van der Waals surface area contributed by atoms with Gasteiger partial charge in [0, 0.05) is 17.2 Å². The number of nitrogen functional groups attached to an aromatic ring is 1. The summed E-state index contributed by atoms with van der Waals surface area (Å²) in [5.41, 5.74) is 6.87. The number of carboxylic acid groups (broad SMARTS) is 1. The van der Waals surface area contributed by atoms with Gasteiger partial charge in [-0.1, -0.05) is 28.1 Å². The lowest BCUT2D eigenvalue weighted by Crippen LogP contribution is -2.28. The third-order valence-corrected chi connectivity index (χ3v) is 3.54. The minimum atomic E-state index is -1.09. The number of anilines is 2. The van der Waals surface area contributed by atoms with Crippen LogP contribution >= 0.6 is 15.9 Å². The molecule has 108 valence electrons. The number of carbonyl (C=O) groups is 2. The second kappa shape index (κ2) is 5.97. The first kappa shape index (κ1) is 15.1. The topological polar surface area (TPSA) is 83.6 Å². The molecule has 0 aliphatic rings. The van der Waals surface area contributed by atoms with Gasteiger partial charge in [0.05, 0.1) is 16.8 Å². The van der Waals surface area contributed by atoms with E-state index >= 15 is 0 Å². The fraction of sp³-hybridized carbons (Fsp3) is 0.0667. The molecule has 0 aliphatic heterocycles. The Balaban J connectivity index is 2.42. The first-order valence-corrected chi connectivity index (χ1v) is 6.86. The smallest absolute Gasteiger partial charge is 0.337 e. The van der Waals surface area contributed by atoms with E-state index in [2.05, 4.69) is 15.9 Å². The lowest BCUT2D eigenvalue weighted by Gasteiger charge is -2.20. The number of para-hydroxylation sites is 1. The van der Waals surface area contributed by atoms with Gasteiger partial charge in [-0.05, 0) is 30.3 Å². The molecule has 0 fully saturated rings. The maximum absolute atomic E-state index is 12.5. The summed E-state index contributed by atoms with van der Waals surface area (Å²) in [4.78, 5) is 25.0. The van der Waals surface area contributed by atoms with Gasteiger partial charge in [0.15, 0.2) is 0 Å². The third-order valence-electron chi connectivity index (χ3n) is 3.04. The van der Waals surface area contributed by atoms with Crippen LogP contribution in [0.2, 0.25) is 0 Å². The number of amides is 1. The van der Waals surface area contributed by atoms with Crippen molar-refractivity contribution >= 4 is 39.2 Å². The van der Waals surface area contributed by atoms with Crippen LogP contribution in [-0.4, -0.2) is 24.0 Å². The van der Waals surface area contributed by atoms with E-state index in [1.54, 1.807) is 36.4 Å². The fourth-order valence-electron chi connectivity index (χ4n) is 1.97. The van der Waals surface area contributed by atoms with Gasteiger partial charge in [0.2, 0.25) is 0 Å². The van der Waals surface area contributed by atoms with Crippen molar-refractivity contribution in [1.82, 2.24) is 0 Å². The Hall–Kier alpha value is -2.34. The number of nitrogens with two attached hydrogens (primary N) is 1. The molecule has 0 aliphatic carbocycles. The summed E-state index contributed by atoms with van der Waals surface area (Å²) in [5.74, 6) is -1.46. The fourth-order valence-corrected chi connectivity index (χ4v) is 2.34. The number of hydrogen-bond acceptors (Lipinski definition) is 3. The van der Waals surface area contributed by atoms with Gasteiger partial charge in [-0.3, -0.25) is 4.79 Å². The second-order valence-corrected chi connectivity index (χ2v) is 5.33. The largest absolute Gasteiger partial charge is 0.478 e. The quantitative estimate of drug-likeness (QED) is 0.835. The molecule has 0 saturated carbocycles. The van der Waals surface area contributed by atoms with Crippen LogP contribution in [-0.2, 0) is 0 Å². The summed E-state index contributed by atoms with van der Waals surface area (Å²) < 4.78 is 0.769. The normalized spacial score (nSPS) is 10.2. The van der Waals surface area contributed by atoms with Crippen molar-refractivity contribution < 1.29 is 14.7 Å². The molecule has 0 atom stereocenters. The Morgan fingerprint density at radius 1 is 1.14 bits per heavy atom. The molecule has 6 heteroatoms. The highest BCUT2D eigenvalue weighted by Crippen LogP contribution is 2.24. The van der Waals surface area contributed by atoms with Crippen molar-refractivity contribution in [2.45, 2.75) is 0 Å². The number of rotatable bonds is 3. The summed E-state index contributed by atoms with van der Waals surface area (Å²) in [6.45, 7) is 0. The lowest BCUT2D eigenvalue weighted by atomic mass is 10.1. The van der Waals surface area contributed by atoms with Gasteiger partial charge in [-0.2, -0.15) is 0 Å². The molecule has 2 aromatic carbocycles. The van der Waals surface area contributed by atoms with Crippen LogP contribution in [0.15, 0.2) is 46.9 Å². The van der Waals surface area contributed by atoms with Crippen molar-refractivity contribution in [3.63, 3.8) is 0 Å². The van der Waals surface area contributed by atoms with Crippen molar-refractivity contribution in [3.05, 3.63) is 58.1 Å². The van der Waals surface area contributed by atoms with Crippen LogP contribution in [0.1, 0.15) is 20.7 Å². The second-order valence-electron chi connectivity index (χ2n) is 4.42. The average Bonchev–Trinajstić information content (AvgIpc) is 2.45. The zero-order chi connectivity index (χ0) is 15.6. The first-order chi connectivity index (χ1) is 9.91. The molecule has 2 rings (SSSR count). The predicted molar refractivity (Wildman–Crippen MR) is 84.7 cm³/mol. The van der Waals surface area contributed by atoms with Crippen molar-refractivity contribution in [2.24, 2.45) is 0 Å². The minimum absolute atomic E-state index is 0.0593. The van der Waals surface area contributed by atoms with E-state index in [1.165, 1.54) is 18.0 Å². The summed E-state index contributed by atoms with van der Waals surface area (Å²) in [6.07, 6.45) is 0. The molecule has 0 unspecified atom stereocenters. The van der Waals surface area contributed by atoms with Crippen LogP contribution in [0.3, 0.4) is 0 Å². The maximum Gasteiger partial charge on any atom is 0.337 e. The number of hydrogen-bond donors (Lipinski definition) is 2. The molecule has 0 aromatic heterocycles. The Bertz CT molecular complexity index is 716.